The van der Waals surface area contributed by atoms with Gasteiger partial charge in [0.05, 0.1) is 0 Å². The molecule has 70 valence electrons. The van der Waals surface area contributed by atoms with Crippen molar-refractivity contribution in [3.8, 4) is 0 Å². The molecule has 0 heterocycles. The number of hydrogen-bond donors (Lipinski definition) is 1. The van der Waals surface area contributed by atoms with Crippen molar-refractivity contribution in [3.63, 3.8) is 0 Å². The number of nitrogens with two attached hydrogens (primary N) is 1. The predicted molar refractivity (Wildman–Crippen MR) is 51.1 cm³/mol. The third-order valence-corrected chi connectivity index (χ3v) is 2.99. The minimum atomic E-state index is -0.147. The van der Waals surface area contributed by atoms with E-state index in [1.54, 1.807) is 6.07 Å². The van der Waals surface area contributed by atoms with Crippen molar-refractivity contribution in [1.82, 2.24) is 0 Å². The highest BCUT2D eigenvalue weighted by Crippen LogP contribution is 2.37. The summed E-state index contributed by atoms with van der Waals surface area (Å²) in [6, 6.07) is 5.05. The second-order valence-electron chi connectivity index (χ2n) is 3.87. The van der Waals surface area contributed by atoms with Gasteiger partial charge in [0, 0.05) is 0 Å². The van der Waals surface area contributed by atoms with Crippen LogP contribution < -0.4 is 5.73 Å². The van der Waals surface area contributed by atoms with Crippen LogP contribution in [0.5, 0.6) is 0 Å². The number of halogens is 1. The van der Waals surface area contributed by atoms with Crippen LogP contribution in [0.25, 0.3) is 0 Å². The Labute approximate surface area is 77.8 Å². The Morgan fingerprint density at radius 3 is 3.00 bits per heavy atom. The van der Waals surface area contributed by atoms with E-state index in [9.17, 15) is 4.39 Å². The summed E-state index contributed by atoms with van der Waals surface area (Å²) >= 11 is 0. The first-order chi connectivity index (χ1) is 6.22. The van der Waals surface area contributed by atoms with Gasteiger partial charge in [-0.2, -0.15) is 0 Å². The van der Waals surface area contributed by atoms with Crippen LogP contribution in [0.4, 0.5) is 4.39 Å². The fourth-order valence-corrected chi connectivity index (χ4v) is 2.25. The molecule has 1 nitrogen and oxygen atoms in total. The molecule has 13 heavy (non-hydrogen) atoms. The Bertz CT molecular complexity index is 322. The number of fused-ring (bicyclic) bond motifs is 1. The molecule has 0 bridgehead atoms. The minimum Gasteiger partial charge on any atom is -0.330 e. The molecular formula is C11H14FN. The van der Waals surface area contributed by atoms with E-state index < -0.39 is 0 Å². The zero-order chi connectivity index (χ0) is 9.42. The first-order valence-corrected chi connectivity index (χ1v) is 4.70. The Morgan fingerprint density at radius 2 is 2.31 bits per heavy atom. The molecule has 0 saturated carbocycles. The average Bonchev–Trinajstić information content (AvgIpc) is 2.40. The van der Waals surface area contributed by atoms with Crippen LogP contribution in [0.15, 0.2) is 18.2 Å². The molecule has 0 amide bonds. The largest absolute Gasteiger partial charge is 0.330 e. The van der Waals surface area contributed by atoms with Gasteiger partial charge >= 0.3 is 0 Å². The Balaban J connectivity index is 2.44. The Morgan fingerprint density at radius 1 is 1.54 bits per heavy atom. The van der Waals surface area contributed by atoms with Crippen LogP contribution in [-0.4, -0.2) is 6.54 Å². The number of rotatable bonds is 1. The normalized spacial score (nSPS) is 26.1. The molecule has 1 aliphatic rings. The van der Waals surface area contributed by atoms with Crippen LogP contribution in [0.3, 0.4) is 0 Å². The van der Waals surface area contributed by atoms with Gasteiger partial charge in [0.15, 0.2) is 0 Å². The van der Waals surface area contributed by atoms with E-state index in [2.05, 4.69) is 6.92 Å². The van der Waals surface area contributed by atoms with E-state index in [1.165, 1.54) is 11.6 Å². The summed E-state index contributed by atoms with van der Waals surface area (Å²) in [6.07, 6.45) is 1.04. The SMILES string of the molecule is CC1Cc2ccc(F)cc2C1CN. The third-order valence-electron chi connectivity index (χ3n) is 2.99. The summed E-state index contributed by atoms with van der Waals surface area (Å²) in [5.41, 5.74) is 8.05. The van der Waals surface area contributed by atoms with E-state index >= 15 is 0 Å². The molecule has 1 aliphatic carbocycles. The van der Waals surface area contributed by atoms with Crippen LogP contribution in [0, 0.1) is 11.7 Å². The third kappa shape index (κ3) is 1.35. The summed E-state index contributed by atoms with van der Waals surface area (Å²) in [6.45, 7) is 2.80. The van der Waals surface area contributed by atoms with Gasteiger partial charge < -0.3 is 5.73 Å². The molecule has 2 N–H and O–H groups in total. The zero-order valence-corrected chi connectivity index (χ0v) is 7.76. The average molecular weight is 179 g/mol. The standard InChI is InChI=1S/C11H14FN/c1-7-4-8-2-3-9(12)5-10(8)11(7)6-13/h2-3,5,7,11H,4,6,13H2,1H3. The fourth-order valence-electron chi connectivity index (χ4n) is 2.25. The van der Waals surface area contributed by atoms with Crippen molar-refractivity contribution >= 4 is 0 Å². The maximum absolute atomic E-state index is 13.0. The predicted octanol–water partition coefficient (Wildman–Crippen LogP) is 2.06. The van der Waals surface area contributed by atoms with Crippen molar-refractivity contribution < 1.29 is 4.39 Å². The molecule has 2 rings (SSSR count). The van der Waals surface area contributed by atoms with E-state index in [1.807, 2.05) is 6.07 Å². The molecule has 0 saturated heterocycles. The van der Waals surface area contributed by atoms with E-state index in [0.717, 1.165) is 12.0 Å². The van der Waals surface area contributed by atoms with Crippen molar-refractivity contribution in [1.29, 1.82) is 0 Å². The molecule has 2 heteroatoms. The summed E-state index contributed by atoms with van der Waals surface area (Å²) < 4.78 is 13.0. The maximum atomic E-state index is 13.0. The summed E-state index contributed by atoms with van der Waals surface area (Å²) in [4.78, 5) is 0. The molecule has 0 fully saturated rings. The highest BCUT2D eigenvalue weighted by Gasteiger charge is 2.28. The van der Waals surface area contributed by atoms with Gasteiger partial charge in [-0.3, -0.25) is 0 Å². The zero-order valence-electron chi connectivity index (χ0n) is 7.76. The van der Waals surface area contributed by atoms with E-state index in [4.69, 9.17) is 5.73 Å². The Hall–Kier alpha value is -0.890. The summed E-state index contributed by atoms with van der Waals surface area (Å²) in [7, 11) is 0. The molecule has 1 aromatic carbocycles. The molecule has 0 spiro atoms. The number of hydrogen-bond acceptors (Lipinski definition) is 1. The van der Waals surface area contributed by atoms with Crippen LogP contribution in [-0.2, 0) is 6.42 Å². The molecule has 0 aromatic heterocycles. The van der Waals surface area contributed by atoms with Crippen molar-refractivity contribution in [2.45, 2.75) is 19.3 Å². The van der Waals surface area contributed by atoms with Gasteiger partial charge in [0.25, 0.3) is 0 Å². The Kier molecular flexibility index (Phi) is 2.08. The number of benzene rings is 1. The molecule has 0 aliphatic heterocycles. The van der Waals surface area contributed by atoms with Crippen molar-refractivity contribution in [2.24, 2.45) is 11.7 Å². The van der Waals surface area contributed by atoms with Gasteiger partial charge in [-0.05, 0) is 48.1 Å². The van der Waals surface area contributed by atoms with Crippen LogP contribution >= 0.6 is 0 Å². The van der Waals surface area contributed by atoms with Gasteiger partial charge in [-0.15, -0.1) is 0 Å². The van der Waals surface area contributed by atoms with Crippen LogP contribution in [0.1, 0.15) is 24.0 Å². The van der Waals surface area contributed by atoms with Gasteiger partial charge in [0.2, 0.25) is 0 Å². The second-order valence-corrected chi connectivity index (χ2v) is 3.87. The lowest BCUT2D eigenvalue weighted by atomic mass is 9.94. The topological polar surface area (TPSA) is 26.0 Å². The summed E-state index contributed by atoms with van der Waals surface area (Å²) in [5, 5.41) is 0. The second kappa shape index (κ2) is 3.11. The quantitative estimate of drug-likeness (QED) is 0.701. The van der Waals surface area contributed by atoms with Gasteiger partial charge in [-0.25, -0.2) is 4.39 Å². The van der Waals surface area contributed by atoms with Crippen molar-refractivity contribution in [2.75, 3.05) is 6.54 Å². The monoisotopic (exact) mass is 179 g/mol. The molecular weight excluding hydrogens is 165 g/mol. The highest BCUT2D eigenvalue weighted by molar-refractivity contribution is 5.36. The summed E-state index contributed by atoms with van der Waals surface area (Å²) in [5.74, 6) is 0.763. The minimum absolute atomic E-state index is 0.147. The molecule has 0 radical (unpaired) electrons. The molecule has 2 atom stereocenters. The maximum Gasteiger partial charge on any atom is 0.123 e. The van der Waals surface area contributed by atoms with E-state index in [0.29, 0.717) is 18.4 Å². The van der Waals surface area contributed by atoms with Crippen LogP contribution in [0.2, 0.25) is 0 Å². The molecule has 2 unspecified atom stereocenters. The molecule has 1 aromatic rings. The lowest BCUT2D eigenvalue weighted by molar-refractivity contribution is 0.504. The van der Waals surface area contributed by atoms with Crippen molar-refractivity contribution in [3.05, 3.63) is 35.1 Å². The smallest absolute Gasteiger partial charge is 0.123 e. The lowest BCUT2D eigenvalue weighted by Crippen LogP contribution is -2.15. The first kappa shape index (κ1) is 8.70. The first-order valence-electron chi connectivity index (χ1n) is 4.70. The van der Waals surface area contributed by atoms with E-state index in [-0.39, 0.29) is 5.82 Å². The fraction of sp³-hybridized carbons (Fsp3) is 0.455. The highest BCUT2D eigenvalue weighted by atomic mass is 19.1. The van der Waals surface area contributed by atoms with Gasteiger partial charge in [0.1, 0.15) is 5.82 Å². The lowest BCUT2D eigenvalue weighted by Gasteiger charge is -2.13. The van der Waals surface area contributed by atoms with Gasteiger partial charge in [-0.1, -0.05) is 13.0 Å².